The van der Waals surface area contributed by atoms with E-state index in [0.29, 0.717) is 18.1 Å². The van der Waals surface area contributed by atoms with Gasteiger partial charge < -0.3 is 14.9 Å². The van der Waals surface area contributed by atoms with E-state index in [-0.39, 0.29) is 11.8 Å². The van der Waals surface area contributed by atoms with Crippen LogP contribution in [0.1, 0.15) is 71.6 Å². The fourth-order valence-electron chi connectivity index (χ4n) is 4.57. The third-order valence-corrected chi connectivity index (χ3v) is 6.34. The van der Waals surface area contributed by atoms with Gasteiger partial charge in [0.15, 0.2) is 5.05 Å². The smallest absolute Gasteiger partial charge is 0.159 e. The Balaban J connectivity index is 2.06. The minimum atomic E-state index is -0.621. The fraction of sp³-hybridized carbons (Fsp3) is 0.680. The molecule has 0 radical (unpaired) electrons. The van der Waals surface area contributed by atoms with Crippen molar-refractivity contribution in [2.75, 3.05) is 6.61 Å². The highest BCUT2D eigenvalue weighted by molar-refractivity contribution is 7.80. The lowest BCUT2D eigenvalue weighted by Crippen LogP contribution is -2.27. The van der Waals surface area contributed by atoms with Gasteiger partial charge in [0, 0.05) is 30.4 Å². The van der Waals surface area contributed by atoms with Crippen molar-refractivity contribution in [2.24, 2.45) is 16.8 Å². The van der Waals surface area contributed by atoms with Crippen LogP contribution in [-0.2, 0) is 4.74 Å². The molecule has 1 fully saturated rings. The second-order valence-corrected chi connectivity index (χ2v) is 8.72. The molecule has 5 heteroatoms. The number of terminal acetylenes is 1. The SMILES string of the molecule is C#CC#CC12CC(O)C(C=C[C@@H](O)CCCCC)C1CC(CCCC(=S)OCC)=N2. The molecule has 4 unspecified atom stereocenters. The molecule has 0 saturated heterocycles. The summed E-state index contributed by atoms with van der Waals surface area (Å²) in [6.07, 6.45) is 15.9. The van der Waals surface area contributed by atoms with Gasteiger partial charge in [-0.1, -0.05) is 44.3 Å². The van der Waals surface area contributed by atoms with Crippen LogP contribution in [0.15, 0.2) is 17.1 Å². The van der Waals surface area contributed by atoms with E-state index >= 15 is 0 Å². The number of aliphatic hydroxyl groups is 2. The van der Waals surface area contributed by atoms with Crippen LogP contribution in [0, 0.1) is 36.0 Å². The van der Waals surface area contributed by atoms with Crippen LogP contribution in [0.5, 0.6) is 0 Å². The zero-order chi connectivity index (χ0) is 22.0. The van der Waals surface area contributed by atoms with E-state index in [1.165, 1.54) is 0 Å². The highest BCUT2D eigenvalue weighted by Crippen LogP contribution is 2.50. The summed E-state index contributed by atoms with van der Waals surface area (Å²) in [4.78, 5) is 4.96. The van der Waals surface area contributed by atoms with E-state index in [4.69, 9.17) is 28.4 Å². The first-order valence-corrected chi connectivity index (χ1v) is 11.6. The number of aliphatic imine (C=N–C) groups is 1. The van der Waals surface area contributed by atoms with E-state index in [1.807, 2.05) is 19.1 Å². The Kier molecular flexibility index (Phi) is 10.1. The Bertz CT molecular complexity index is 742. The van der Waals surface area contributed by atoms with Gasteiger partial charge in [-0.2, -0.15) is 0 Å². The van der Waals surface area contributed by atoms with Crippen molar-refractivity contribution in [2.45, 2.75) is 89.4 Å². The summed E-state index contributed by atoms with van der Waals surface area (Å²) in [6, 6.07) is 0. The Morgan fingerprint density at radius 3 is 2.90 bits per heavy atom. The van der Waals surface area contributed by atoms with Gasteiger partial charge in [-0.05, 0) is 56.7 Å². The molecule has 1 aliphatic carbocycles. The van der Waals surface area contributed by atoms with Crippen molar-refractivity contribution >= 4 is 23.0 Å². The van der Waals surface area contributed by atoms with Gasteiger partial charge in [0.25, 0.3) is 0 Å². The molecule has 0 amide bonds. The zero-order valence-electron chi connectivity index (χ0n) is 18.3. The summed E-state index contributed by atoms with van der Waals surface area (Å²) >= 11 is 5.21. The number of aliphatic hydroxyl groups excluding tert-OH is 2. The molecule has 2 aliphatic rings. The molecule has 2 N–H and O–H groups in total. The molecule has 30 heavy (non-hydrogen) atoms. The molecule has 2 rings (SSSR count). The fourth-order valence-corrected chi connectivity index (χ4v) is 4.83. The first kappa shape index (κ1) is 24.6. The van der Waals surface area contributed by atoms with Crippen molar-refractivity contribution in [3.8, 4) is 24.2 Å². The maximum absolute atomic E-state index is 10.7. The zero-order valence-corrected chi connectivity index (χ0v) is 19.1. The third kappa shape index (κ3) is 6.67. The van der Waals surface area contributed by atoms with Crippen LogP contribution in [0.4, 0.5) is 0 Å². The van der Waals surface area contributed by atoms with Gasteiger partial charge in [-0.25, -0.2) is 0 Å². The number of ether oxygens (including phenoxy) is 1. The molecule has 164 valence electrons. The predicted octanol–water partition coefficient (Wildman–Crippen LogP) is 4.24. The molecule has 4 nitrogen and oxygen atoms in total. The van der Waals surface area contributed by atoms with Gasteiger partial charge in [-0.3, -0.25) is 4.99 Å². The van der Waals surface area contributed by atoms with E-state index in [9.17, 15) is 10.2 Å². The molecule has 0 bridgehead atoms. The second-order valence-electron chi connectivity index (χ2n) is 8.26. The molecule has 0 aromatic carbocycles. The van der Waals surface area contributed by atoms with E-state index < -0.39 is 17.7 Å². The van der Waals surface area contributed by atoms with Crippen LogP contribution in [0.3, 0.4) is 0 Å². The Labute approximate surface area is 187 Å². The minimum absolute atomic E-state index is 0.0800. The Morgan fingerprint density at radius 2 is 2.20 bits per heavy atom. The van der Waals surface area contributed by atoms with Crippen LogP contribution >= 0.6 is 12.2 Å². The van der Waals surface area contributed by atoms with Crippen LogP contribution in [-0.4, -0.2) is 45.3 Å². The normalized spacial score (nSPS) is 28.4. The molecular weight excluding hydrogens is 394 g/mol. The lowest BCUT2D eigenvalue weighted by Gasteiger charge is -2.22. The first-order valence-electron chi connectivity index (χ1n) is 11.2. The van der Waals surface area contributed by atoms with Crippen molar-refractivity contribution < 1.29 is 14.9 Å². The summed E-state index contributed by atoms with van der Waals surface area (Å²) in [5.41, 5.74) is 0.489. The molecular formula is C25H35NO3S. The van der Waals surface area contributed by atoms with Crippen LogP contribution in [0.2, 0.25) is 0 Å². The monoisotopic (exact) mass is 429 g/mol. The van der Waals surface area contributed by atoms with Gasteiger partial charge in [0.2, 0.25) is 0 Å². The van der Waals surface area contributed by atoms with Gasteiger partial charge in [0.1, 0.15) is 5.54 Å². The molecule has 1 heterocycles. The highest BCUT2D eigenvalue weighted by Gasteiger charge is 2.54. The lowest BCUT2D eigenvalue weighted by molar-refractivity contribution is 0.140. The predicted molar refractivity (Wildman–Crippen MR) is 126 cm³/mol. The van der Waals surface area contributed by atoms with Crippen LogP contribution < -0.4 is 0 Å². The number of nitrogens with zero attached hydrogens (tertiary/aromatic N) is 1. The topological polar surface area (TPSA) is 62.0 Å². The van der Waals surface area contributed by atoms with E-state index in [1.54, 1.807) is 0 Å². The van der Waals surface area contributed by atoms with Crippen molar-refractivity contribution in [1.29, 1.82) is 0 Å². The molecule has 0 aromatic rings. The average Bonchev–Trinajstić information content (AvgIpc) is 3.16. The Morgan fingerprint density at radius 1 is 1.40 bits per heavy atom. The third-order valence-electron chi connectivity index (χ3n) is 6.02. The van der Waals surface area contributed by atoms with E-state index in [2.05, 4.69) is 24.7 Å². The molecule has 5 atom stereocenters. The lowest BCUT2D eigenvalue weighted by atomic mass is 9.82. The van der Waals surface area contributed by atoms with Crippen molar-refractivity contribution in [1.82, 2.24) is 0 Å². The van der Waals surface area contributed by atoms with Gasteiger partial charge in [-0.15, -0.1) is 6.42 Å². The Hall–Kier alpha value is -1.66. The van der Waals surface area contributed by atoms with Crippen molar-refractivity contribution in [3.05, 3.63) is 12.2 Å². The number of thiocarbonyl (C=S) groups is 1. The number of hydrogen-bond acceptors (Lipinski definition) is 5. The minimum Gasteiger partial charge on any atom is -0.487 e. The van der Waals surface area contributed by atoms with Crippen LogP contribution in [0.25, 0.3) is 0 Å². The standard InChI is InChI=1S/C25H35NO3S/c1-4-7-9-12-20(27)14-15-21-22-17-19(11-10-13-24(30)29-6-3)26-25(22,16-8-5-2)18-23(21)28/h2,14-15,20-23,27-28H,4,6-7,9-13,17-18H2,1,3H3/t20-,21?,22?,23?,25?/m0/s1. The summed E-state index contributed by atoms with van der Waals surface area (Å²) in [7, 11) is 0. The first-order chi connectivity index (χ1) is 14.5. The molecule has 1 aliphatic heterocycles. The molecule has 0 spiro atoms. The van der Waals surface area contributed by atoms with Crippen molar-refractivity contribution in [3.63, 3.8) is 0 Å². The average molecular weight is 430 g/mol. The highest BCUT2D eigenvalue weighted by atomic mass is 32.1. The number of rotatable bonds is 11. The summed E-state index contributed by atoms with van der Waals surface area (Å²) in [5.74, 6) is 8.31. The second kappa shape index (κ2) is 12.3. The van der Waals surface area contributed by atoms with Gasteiger partial charge in [0.05, 0.1) is 18.8 Å². The summed E-state index contributed by atoms with van der Waals surface area (Å²) in [5, 5.41) is 21.6. The summed E-state index contributed by atoms with van der Waals surface area (Å²) < 4.78 is 5.36. The molecule has 0 aromatic heterocycles. The van der Waals surface area contributed by atoms with Gasteiger partial charge >= 0.3 is 0 Å². The maximum atomic E-state index is 10.7. The molecule has 1 saturated carbocycles. The quantitative estimate of drug-likeness (QED) is 0.223. The number of unbranched alkanes of at least 4 members (excludes halogenated alkanes) is 2. The number of hydrogen-bond donors (Lipinski definition) is 2. The maximum Gasteiger partial charge on any atom is 0.159 e. The van der Waals surface area contributed by atoms with E-state index in [0.717, 1.165) is 57.1 Å². The largest absolute Gasteiger partial charge is 0.487 e. The summed E-state index contributed by atoms with van der Waals surface area (Å²) in [6.45, 7) is 4.68. The number of fused-ring (bicyclic) bond motifs is 1.